The van der Waals surface area contributed by atoms with Crippen molar-refractivity contribution in [3.8, 4) is 0 Å². The Morgan fingerprint density at radius 1 is 1.09 bits per heavy atom. The van der Waals surface area contributed by atoms with Crippen LogP contribution in [0.25, 0.3) is 17.0 Å². The summed E-state index contributed by atoms with van der Waals surface area (Å²) in [6.07, 6.45) is 3.24. The molecule has 0 bridgehead atoms. The Hall–Kier alpha value is -3.87. The lowest BCUT2D eigenvalue weighted by Gasteiger charge is -2.26. The van der Waals surface area contributed by atoms with Crippen LogP contribution in [0.15, 0.2) is 66.5 Å². The number of aromatic nitrogens is 1. The minimum atomic E-state index is -0.547. The number of rotatable bonds is 5. The summed E-state index contributed by atoms with van der Waals surface area (Å²) in [6, 6.07) is 16.2. The SMILES string of the molecule is CC(C)C[C@@H]1NC(=O)C(=Cc2cn(C(=O)OCc3ccccc3)c3ccccc23)NC1=O. The Morgan fingerprint density at radius 2 is 1.81 bits per heavy atom. The molecule has 2 amide bonds. The number of hydrogen-bond acceptors (Lipinski definition) is 4. The molecule has 0 radical (unpaired) electrons. The first-order valence-electron chi connectivity index (χ1n) is 10.6. The maximum Gasteiger partial charge on any atom is 0.418 e. The fraction of sp³-hybridized carbons (Fsp3) is 0.240. The van der Waals surface area contributed by atoms with Crippen molar-refractivity contribution in [2.24, 2.45) is 5.92 Å². The van der Waals surface area contributed by atoms with Crippen molar-refractivity contribution in [2.75, 3.05) is 0 Å². The van der Waals surface area contributed by atoms with E-state index in [1.54, 1.807) is 18.3 Å². The number of hydrogen-bond donors (Lipinski definition) is 2. The van der Waals surface area contributed by atoms with Gasteiger partial charge < -0.3 is 15.4 Å². The van der Waals surface area contributed by atoms with Gasteiger partial charge in [0.25, 0.3) is 5.91 Å². The van der Waals surface area contributed by atoms with Crippen LogP contribution in [0.4, 0.5) is 4.79 Å². The number of amides is 2. The number of carbonyl (C=O) groups is 3. The van der Waals surface area contributed by atoms with E-state index in [-0.39, 0.29) is 30.0 Å². The molecule has 2 N–H and O–H groups in total. The van der Waals surface area contributed by atoms with E-state index in [1.165, 1.54) is 4.57 Å². The van der Waals surface area contributed by atoms with E-state index in [0.717, 1.165) is 10.9 Å². The first kappa shape index (κ1) is 21.4. The van der Waals surface area contributed by atoms with E-state index >= 15 is 0 Å². The number of ether oxygens (including phenoxy) is 1. The predicted octanol–water partition coefficient (Wildman–Crippen LogP) is 3.83. The van der Waals surface area contributed by atoms with Crippen molar-refractivity contribution in [1.29, 1.82) is 0 Å². The third-order valence-electron chi connectivity index (χ3n) is 5.28. The molecule has 0 unspecified atom stereocenters. The summed E-state index contributed by atoms with van der Waals surface area (Å²) in [6.45, 7) is 4.14. The molecule has 1 aliphatic heterocycles. The molecule has 1 atom stereocenters. The second-order valence-corrected chi connectivity index (χ2v) is 8.21. The fourth-order valence-corrected chi connectivity index (χ4v) is 3.73. The van der Waals surface area contributed by atoms with Crippen LogP contribution >= 0.6 is 0 Å². The number of nitrogens with one attached hydrogen (secondary N) is 2. The predicted molar refractivity (Wildman–Crippen MR) is 121 cm³/mol. The molecule has 1 saturated heterocycles. The first-order valence-corrected chi connectivity index (χ1v) is 10.6. The molecule has 0 aliphatic carbocycles. The lowest BCUT2D eigenvalue weighted by Crippen LogP contribution is -2.55. The maximum absolute atomic E-state index is 12.8. The molecule has 1 aliphatic rings. The summed E-state index contributed by atoms with van der Waals surface area (Å²) in [5.74, 6) is -0.314. The van der Waals surface area contributed by atoms with Gasteiger partial charge in [-0.25, -0.2) is 4.79 Å². The van der Waals surface area contributed by atoms with Crippen LogP contribution in [0.1, 0.15) is 31.4 Å². The standard InChI is InChI=1S/C25H25N3O4/c1-16(2)12-20-23(29)27-21(24(30)26-20)13-18-14-28(22-11-7-6-10-19(18)22)25(31)32-15-17-8-4-3-5-9-17/h3-11,13-14,16,20H,12,15H2,1-2H3,(H,26,30)(H,27,29)/t20-/m0/s1. The summed E-state index contributed by atoms with van der Waals surface area (Å²) in [7, 11) is 0. The van der Waals surface area contributed by atoms with Crippen LogP contribution in [-0.4, -0.2) is 28.5 Å². The van der Waals surface area contributed by atoms with Gasteiger partial charge in [0.1, 0.15) is 18.3 Å². The highest BCUT2D eigenvalue weighted by Crippen LogP contribution is 2.24. The van der Waals surface area contributed by atoms with E-state index in [0.29, 0.717) is 17.5 Å². The van der Waals surface area contributed by atoms with E-state index in [2.05, 4.69) is 10.6 Å². The highest BCUT2D eigenvalue weighted by molar-refractivity contribution is 6.08. The van der Waals surface area contributed by atoms with Crippen LogP contribution in [0, 0.1) is 5.92 Å². The van der Waals surface area contributed by atoms with Gasteiger partial charge in [-0.05, 0) is 30.0 Å². The van der Waals surface area contributed by atoms with E-state index in [9.17, 15) is 14.4 Å². The zero-order chi connectivity index (χ0) is 22.7. The molecule has 4 rings (SSSR count). The number of benzene rings is 2. The fourth-order valence-electron chi connectivity index (χ4n) is 3.73. The van der Waals surface area contributed by atoms with Gasteiger partial charge in [0, 0.05) is 17.1 Å². The normalized spacial score (nSPS) is 17.5. The average Bonchev–Trinajstić information content (AvgIpc) is 3.14. The summed E-state index contributed by atoms with van der Waals surface area (Å²) in [4.78, 5) is 37.8. The summed E-state index contributed by atoms with van der Waals surface area (Å²) in [5.41, 5.74) is 2.32. The van der Waals surface area contributed by atoms with Crippen molar-refractivity contribution in [1.82, 2.24) is 15.2 Å². The molecule has 1 aromatic heterocycles. The monoisotopic (exact) mass is 431 g/mol. The number of fused-ring (bicyclic) bond motifs is 1. The maximum atomic E-state index is 12.8. The van der Waals surface area contributed by atoms with Crippen LogP contribution in [-0.2, 0) is 20.9 Å². The molecular weight excluding hydrogens is 406 g/mol. The molecule has 2 aromatic carbocycles. The molecule has 0 spiro atoms. The Kier molecular flexibility index (Phi) is 6.07. The third kappa shape index (κ3) is 4.56. The zero-order valence-corrected chi connectivity index (χ0v) is 18.0. The van der Waals surface area contributed by atoms with Crippen LogP contribution in [0.3, 0.4) is 0 Å². The summed E-state index contributed by atoms with van der Waals surface area (Å²) >= 11 is 0. The summed E-state index contributed by atoms with van der Waals surface area (Å²) in [5, 5.41) is 6.24. The van der Waals surface area contributed by atoms with Gasteiger partial charge in [0.2, 0.25) is 5.91 Å². The molecule has 7 nitrogen and oxygen atoms in total. The number of carbonyl (C=O) groups excluding carboxylic acids is 3. The second kappa shape index (κ2) is 9.09. The number of para-hydroxylation sites is 1. The lowest BCUT2D eigenvalue weighted by molar-refractivity contribution is -0.131. The molecular formula is C25H25N3O4. The minimum Gasteiger partial charge on any atom is -0.444 e. The molecule has 0 saturated carbocycles. The average molecular weight is 431 g/mol. The van der Waals surface area contributed by atoms with Crippen molar-refractivity contribution in [3.05, 3.63) is 77.6 Å². The Morgan fingerprint density at radius 3 is 2.56 bits per heavy atom. The molecule has 7 heteroatoms. The van der Waals surface area contributed by atoms with Crippen LogP contribution in [0.5, 0.6) is 0 Å². The van der Waals surface area contributed by atoms with Gasteiger partial charge in [-0.15, -0.1) is 0 Å². The molecule has 3 aromatic rings. The van der Waals surface area contributed by atoms with Gasteiger partial charge in [0.15, 0.2) is 0 Å². The van der Waals surface area contributed by atoms with Crippen molar-refractivity contribution in [3.63, 3.8) is 0 Å². The van der Waals surface area contributed by atoms with Gasteiger partial charge >= 0.3 is 6.09 Å². The second-order valence-electron chi connectivity index (χ2n) is 8.21. The highest BCUT2D eigenvalue weighted by atomic mass is 16.5. The highest BCUT2D eigenvalue weighted by Gasteiger charge is 2.30. The van der Waals surface area contributed by atoms with Gasteiger partial charge in [-0.3, -0.25) is 14.2 Å². The molecule has 32 heavy (non-hydrogen) atoms. The van der Waals surface area contributed by atoms with E-state index < -0.39 is 12.1 Å². The van der Waals surface area contributed by atoms with E-state index in [1.807, 2.05) is 62.4 Å². The van der Waals surface area contributed by atoms with E-state index in [4.69, 9.17) is 4.74 Å². The Labute approximate surface area is 186 Å². The smallest absolute Gasteiger partial charge is 0.418 e. The quantitative estimate of drug-likeness (QED) is 0.601. The molecule has 164 valence electrons. The lowest BCUT2D eigenvalue weighted by atomic mass is 10.0. The Bertz CT molecular complexity index is 1190. The minimum absolute atomic E-state index is 0.149. The van der Waals surface area contributed by atoms with Gasteiger partial charge in [0.05, 0.1) is 5.52 Å². The number of piperazine rings is 1. The van der Waals surface area contributed by atoms with Crippen molar-refractivity contribution in [2.45, 2.75) is 32.9 Å². The topological polar surface area (TPSA) is 89.4 Å². The Balaban J connectivity index is 1.59. The van der Waals surface area contributed by atoms with Crippen LogP contribution in [0.2, 0.25) is 0 Å². The van der Waals surface area contributed by atoms with Crippen molar-refractivity contribution >= 4 is 34.9 Å². The zero-order valence-electron chi connectivity index (χ0n) is 18.0. The number of nitrogens with zero attached hydrogens (tertiary/aromatic N) is 1. The first-order chi connectivity index (χ1) is 15.4. The molecule has 1 fully saturated rings. The van der Waals surface area contributed by atoms with Gasteiger partial charge in [-0.2, -0.15) is 0 Å². The summed E-state index contributed by atoms with van der Waals surface area (Å²) < 4.78 is 6.88. The third-order valence-corrected chi connectivity index (χ3v) is 5.28. The van der Waals surface area contributed by atoms with Crippen LogP contribution < -0.4 is 10.6 Å². The largest absolute Gasteiger partial charge is 0.444 e. The van der Waals surface area contributed by atoms with Gasteiger partial charge in [-0.1, -0.05) is 62.4 Å². The molecule has 2 heterocycles. The van der Waals surface area contributed by atoms with Crippen molar-refractivity contribution < 1.29 is 19.1 Å².